The van der Waals surface area contributed by atoms with Gasteiger partial charge in [0.25, 0.3) is 0 Å². The molecule has 0 radical (unpaired) electrons. The minimum atomic E-state index is -4.60. The maximum Gasteiger partial charge on any atom is 0.400 e. The van der Waals surface area contributed by atoms with Gasteiger partial charge in [-0.3, -0.25) is 0 Å². The Balaban J connectivity index is 2.46. The lowest BCUT2D eigenvalue weighted by Crippen LogP contribution is -2.39. The average molecular weight is 286 g/mol. The van der Waals surface area contributed by atoms with Crippen molar-refractivity contribution in [2.24, 2.45) is 16.8 Å². The molecule has 8 heteroatoms. The summed E-state index contributed by atoms with van der Waals surface area (Å²) in [7, 11) is 0. The first-order valence-electron chi connectivity index (χ1n) is 5.80. The zero-order valence-corrected chi connectivity index (χ0v) is 10.6. The molecule has 1 aromatic carbocycles. The van der Waals surface area contributed by atoms with E-state index in [1.54, 1.807) is 31.2 Å². The summed E-state index contributed by atoms with van der Waals surface area (Å²) in [5.41, 5.74) is 6.34. The van der Waals surface area contributed by atoms with E-state index in [0.29, 0.717) is 16.9 Å². The third-order valence-corrected chi connectivity index (χ3v) is 3.08. The lowest BCUT2D eigenvalue weighted by Gasteiger charge is -2.20. The van der Waals surface area contributed by atoms with Gasteiger partial charge in [0.1, 0.15) is 11.7 Å². The van der Waals surface area contributed by atoms with Crippen LogP contribution in [-0.2, 0) is 6.54 Å². The molecule has 1 unspecified atom stereocenters. The minimum Gasteiger partial charge on any atom is -0.409 e. The third-order valence-electron chi connectivity index (χ3n) is 3.08. The first kappa shape index (κ1) is 14.2. The number of amidine groups is 1. The fraction of sp³-hybridized carbons (Fsp3) is 0.333. The SMILES string of the molecule is Cc1nc2ccccc2n1CC(/C(N)=N/O)C(F)(F)F. The molecule has 0 fully saturated rings. The van der Waals surface area contributed by atoms with E-state index in [1.807, 2.05) is 0 Å². The topological polar surface area (TPSA) is 76.4 Å². The number of hydrogen-bond donors (Lipinski definition) is 2. The number of benzene rings is 1. The summed E-state index contributed by atoms with van der Waals surface area (Å²) in [6.07, 6.45) is -4.60. The summed E-state index contributed by atoms with van der Waals surface area (Å²) in [6.45, 7) is 1.13. The molecule has 5 nitrogen and oxygen atoms in total. The van der Waals surface area contributed by atoms with Crippen molar-refractivity contribution >= 4 is 16.9 Å². The number of rotatable bonds is 3. The number of nitrogens with zero attached hydrogens (tertiary/aromatic N) is 3. The Hall–Kier alpha value is -2.25. The number of alkyl halides is 3. The van der Waals surface area contributed by atoms with Crippen molar-refractivity contribution in [3.63, 3.8) is 0 Å². The minimum absolute atomic E-state index is 0.436. The number of fused-ring (bicyclic) bond motifs is 1. The third kappa shape index (κ3) is 2.54. The van der Waals surface area contributed by atoms with E-state index in [-0.39, 0.29) is 0 Å². The molecule has 0 saturated heterocycles. The molecule has 3 N–H and O–H groups in total. The summed E-state index contributed by atoms with van der Waals surface area (Å²) in [6, 6.07) is 6.86. The Morgan fingerprint density at radius 1 is 1.45 bits per heavy atom. The monoisotopic (exact) mass is 286 g/mol. The van der Waals surface area contributed by atoms with Crippen LogP contribution in [-0.4, -0.2) is 26.8 Å². The summed E-state index contributed by atoms with van der Waals surface area (Å²) < 4.78 is 40.3. The summed E-state index contributed by atoms with van der Waals surface area (Å²) >= 11 is 0. The first-order valence-corrected chi connectivity index (χ1v) is 5.80. The van der Waals surface area contributed by atoms with E-state index in [0.717, 1.165) is 0 Å². The normalized spacial score (nSPS) is 14.7. The molecule has 20 heavy (non-hydrogen) atoms. The van der Waals surface area contributed by atoms with Crippen LogP contribution in [0.3, 0.4) is 0 Å². The summed E-state index contributed by atoms with van der Waals surface area (Å²) in [5, 5.41) is 11.0. The number of hydrogen-bond acceptors (Lipinski definition) is 3. The van der Waals surface area contributed by atoms with Crippen molar-refractivity contribution in [1.29, 1.82) is 0 Å². The van der Waals surface area contributed by atoms with E-state index >= 15 is 0 Å². The Kier molecular flexibility index (Phi) is 3.56. The van der Waals surface area contributed by atoms with E-state index in [2.05, 4.69) is 10.1 Å². The van der Waals surface area contributed by atoms with Crippen LogP contribution in [0.2, 0.25) is 0 Å². The number of imidazole rings is 1. The standard InChI is InChI=1S/C12H13F3N4O/c1-7-17-9-4-2-3-5-10(9)19(7)6-8(11(16)18-20)12(13,14)15/h2-5,8,20H,6H2,1H3,(H2,16,18). The number of oxime groups is 1. The quantitative estimate of drug-likeness (QED) is 0.393. The van der Waals surface area contributed by atoms with Crippen molar-refractivity contribution < 1.29 is 18.4 Å². The highest BCUT2D eigenvalue weighted by Crippen LogP contribution is 2.29. The first-order chi connectivity index (χ1) is 9.34. The number of nitrogens with two attached hydrogens (primary N) is 1. The Labute approximate surface area is 112 Å². The molecule has 0 bridgehead atoms. The molecule has 1 heterocycles. The Morgan fingerprint density at radius 3 is 2.70 bits per heavy atom. The van der Waals surface area contributed by atoms with E-state index < -0.39 is 24.5 Å². The predicted octanol–water partition coefficient (Wildman–Crippen LogP) is 2.27. The molecule has 2 aromatic rings. The van der Waals surface area contributed by atoms with Crippen LogP contribution >= 0.6 is 0 Å². The average Bonchev–Trinajstić information content (AvgIpc) is 2.69. The second kappa shape index (κ2) is 5.03. The van der Waals surface area contributed by atoms with Crippen LogP contribution in [0.1, 0.15) is 5.82 Å². The summed E-state index contributed by atoms with van der Waals surface area (Å²) in [5.74, 6) is -2.50. The van der Waals surface area contributed by atoms with E-state index in [1.165, 1.54) is 4.57 Å². The van der Waals surface area contributed by atoms with Gasteiger partial charge >= 0.3 is 6.18 Å². The molecule has 1 aromatic heterocycles. The van der Waals surface area contributed by atoms with E-state index in [9.17, 15) is 13.2 Å². The van der Waals surface area contributed by atoms with Gasteiger partial charge in [0.05, 0.1) is 11.0 Å². The molecule has 108 valence electrons. The highest BCUT2D eigenvalue weighted by atomic mass is 19.4. The van der Waals surface area contributed by atoms with Gasteiger partial charge in [0.2, 0.25) is 0 Å². The van der Waals surface area contributed by atoms with Gasteiger partial charge < -0.3 is 15.5 Å². The zero-order valence-electron chi connectivity index (χ0n) is 10.6. The largest absolute Gasteiger partial charge is 0.409 e. The Bertz CT molecular complexity index is 648. The number of aromatic nitrogens is 2. The van der Waals surface area contributed by atoms with Crippen LogP contribution in [0.5, 0.6) is 0 Å². The zero-order chi connectivity index (χ0) is 14.9. The molecular formula is C12H13F3N4O. The fourth-order valence-electron chi connectivity index (χ4n) is 2.04. The van der Waals surface area contributed by atoms with Gasteiger partial charge in [0, 0.05) is 6.54 Å². The smallest absolute Gasteiger partial charge is 0.400 e. The molecule has 0 aliphatic heterocycles. The van der Waals surface area contributed by atoms with Crippen molar-refractivity contribution in [2.75, 3.05) is 0 Å². The van der Waals surface area contributed by atoms with Crippen LogP contribution in [0.25, 0.3) is 11.0 Å². The molecule has 0 aliphatic rings. The fourth-order valence-corrected chi connectivity index (χ4v) is 2.04. The molecule has 0 saturated carbocycles. The van der Waals surface area contributed by atoms with Gasteiger partial charge in [-0.05, 0) is 19.1 Å². The van der Waals surface area contributed by atoms with Crippen LogP contribution in [0, 0.1) is 12.8 Å². The lowest BCUT2D eigenvalue weighted by atomic mass is 10.1. The molecule has 0 amide bonds. The van der Waals surface area contributed by atoms with Crippen LogP contribution < -0.4 is 5.73 Å². The lowest BCUT2D eigenvalue weighted by molar-refractivity contribution is -0.158. The number of halogens is 3. The van der Waals surface area contributed by atoms with Crippen molar-refractivity contribution in [1.82, 2.24) is 9.55 Å². The molecule has 0 spiro atoms. The van der Waals surface area contributed by atoms with Crippen LogP contribution in [0.15, 0.2) is 29.4 Å². The maximum atomic E-state index is 13.0. The van der Waals surface area contributed by atoms with Gasteiger partial charge in [-0.25, -0.2) is 4.98 Å². The number of aryl methyl sites for hydroxylation is 1. The van der Waals surface area contributed by atoms with Crippen molar-refractivity contribution in [2.45, 2.75) is 19.6 Å². The van der Waals surface area contributed by atoms with Gasteiger partial charge in [-0.1, -0.05) is 17.3 Å². The number of para-hydroxylation sites is 2. The second-order valence-corrected chi connectivity index (χ2v) is 4.38. The second-order valence-electron chi connectivity index (χ2n) is 4.38. The van der Waals surface area contributed by atoms with Crippen molar-refractivity contribution in [3.8, 4) is 0 Å². The highest BCUT2D eigenvalue weighted by Gasteiger charge is 2.43. The van der Waals surface area contributed by atoms with Crippen molar-refractivity contribution in [3.05, 3.63) is 30.1 Å². The molecule has 1 atom stereocenters. The predicted molar refractivity (Wildman–Crippen MR) is 67.4 cm³/mol. The van der Waals surface area contributed by atoms with Gasteiger partial charge in [0.15, 0.2) is 5.84 Å². The maximum absolute atomic E-state index is 13.0. The Morgan fingerprint density at radius 2 is 2.10 bits per heavy atom. The van der Waals surface area contributed by atoms with Gasteiger partial charge in [-0.15, -0.1) is 0 Å². The molecular weight excluding hydrogens is 273 g/mol. The summed E-state index contributed by atoms with van der Waals surface area (Å²) in [4.78, 5) is 4.19. The van der Waals surface area contributed by atoms with Gasteiger partial charge in [-0.2, -0.15) is 13.2 Å². The van der Waals surface area contributed by atoms with E-state index in [4.69, 9.17) is 10.9 Å². The van der Waals surface area contributed by atoms with Crippen LogP contribution in [0.4, 0.5) is 13.2 Å². The highest BCUT2D eigenvalue weighted by molar-refractivity contribution is 5.83. The molecule has 2 rings (SSSR count). The molecule has 0 aliphatic carbocycles.